The Bertz CT molecular complexity index is 923. The van der Waals surface area contributed by atoms with E-state index in [9.17, 15) is 13.2 Å². The Labute approximate surface area is 153 Å². The van der Waals surface area contributed by atoms with Gasteiger partial charge >= 0.3 is 6.03 Å². The molecule has 1 aliphatic rings. The number of sulfonamides is 1. The van der Waals surface area contributed by atoms with Crippen molar-refractivity contribution in [3.8, 4) is 0 Å². The number of carbonyl (C=O) groups is 1. The Kier molecular flexibility index (Phi) is 4.86. The molecule has 0 bridgehead atoms. The molecule has 8 heteroatoms. The molecule has 3 rings (SSSR count). The normalized spacial score (nSPS) is 14.6. The number of amides is 2. The fourth-order valence-electron chi connectivity index (χ4n) is 3.12. The number of benzene rings is 1. The SMILES string of the molecule is Cc1cc(C)nc(NC(=O)N2CCN(S(C)(=O)=O)c3ccccc3C2)c1. The van der Waals surface area contributed by atoms with Crippen LogP contribution in [-0.4, -0.2) is 43.7 Å². The van der Waals surface area contributed by atoms with Crippen LogP contribution in [0.3, 0.4) is 0 Å². The molecule has 138 valence electrons. The molecule has 1 aromatic carbocycles. The van der Waals surface area contributed by atoms with Crippen LogP contribution in [0.25, 0.3) is 0 Å². The summed E-state index contributed by atoms with van der Waals surface area (Å²) in [5.41, 5.74) is 3.25. The minimum atomic E-state index is -3.42. The van der Waals surface area contributed by atoms with Crippen molar-refractivity contribution < 1.29 is 13.2 Å². The van der Waals surface area contributed by atoms with E-state index in [-0.39, 0.29) is 12.6 Å². The number of para-hydroxylation sites is 1. The van der Waals surface area contributed by atoms with Crippen molar-refractivity contribution >= 4 is 27.6 Å². The zero-order valence-corrected chi connectivity index (χ0v) is 15.9. The van der Waals surface area contributed by atoms with Crippen LogP contribution in [0.2, 0.25) is 0 Å². The second-order valence-electron chi connectivity index (χ2n) is 6.49. The van der Waals surface area contributed by atoms with Gasteiger partial charge in [0.05, 0.1) is 18.5 Å². The summed E-state index contributed by atoms with van der Waals surface area (Å²) in [6.45, 7) is 4.64. The summed E-state index contributed by atoms with van der Waals surface area (Å²) < 4.78 is 25.6. The van der Waals surface area contributed by atoms with E-state index >= 15 is 0 Å². The van der Waals surface area contributed by atoms with Crippen LogP contribution in [0.5, 0.6) is 0 Å². The predicted molar refractivity (Wildman–Crippen MR) is 102 cm³/mol. The second-order valence-corrected chi connectivity index (χ2v) is 8.39. The van der Waals surface area contributed by atoms with Gasteiger partial charge in [0.15, 0.2) is 0 Å². The first-order valence-electron chi connectivity index (χ1n) is 8.31. The highest BCUT2D eigenvalue weighted by atomic mass is 32.2. The van der Waals surface area contributed by atoms with Crippen molar-refractivity contribution in [3.05, 3.63) is 53.2 Å². The Balaban J connectivity index is 1.85. The van der Waals surface area contributed by atoms with Crippen molar-refractivity contribution in [1.82, 2.24) is 9.88 Å². The molecule has 0 saturated heterocycles. The molecule has 2 heterocycles. The molecule has 0 spiro atoms. The number of urea groups is 1. The Morgan fingerprint density at radius 3 is 2.58 bits per heavy atom. The van der Waals surface area contributed by atoms with E-state index in [1.807, 2.05) is 32.0 Å². The third kappa shape index (κ3) is 3.96. The molecule has 1 N–H and O–H groups in total. The number of nitrogens with one attached hydrogen (secondary N) is 1. The van der Waals surface area contributed by atoms with E-state index < -0.39 is 10.0 Å². The quantitative estimate of drug-likeness (QED) is 0.876. The molecule has 0 aliphatic carbocycles. The lowest BCUT2D eigenvalue weighted by molar-refractivity contribution is 0.212. The predicted octanol–water partition coefficient (Wildman–Crippen LogP) is 2.51. The van der Waals surface area contributed by atoms with Crippen LogP contribution in [0.15, 0.2) is 36.4 Å². The van der Waals surface area contributed by atoms with Gasteiger partial charge in [0, 0.05) is 18.8 Å². The van der Waals surface area contributed by atoms with E-state index in [0.717, 1.165) is 16.8 Å². The number of aromatic nitrogens is 1. The zero-order chi connectivity index (χ0) is 18.9. The van der Waals surface area contributed by atoms with Gasteiger partial charge in [-0.1, -0.05) is 18.2 Å². The van der Waals surface area contributed by atoms with Crippen molar-refractivity contribution in [1.29, 1.82) is 0 Å². The number of hydrogen-bond acceptors (Lipinski definition) is 4. The van der Waals surface area contributed by atoms with Gasteiger partial charge in [0.25, 0.3) is 0 Å². The zero-order valence-electron chi connectivity index (χ0n) is 15.1. The van der Waals surface area contributed by atoms with Gasteiger partial charge in [-0.15, -0.1) is 0 Å². The first-order valence-corrected chi connectivity index (χ1v) is 10.2. The number of hydrogen-bond donors (Lipinski definition) is 1. The molecular formula is C18H22N4O3S. The summed E-state index contributed by atoms with van der Waals surface area (Å²) in [6.07, 6.45) is 1.18. The number of pyridine rings is 1. The summed E-state index contributed by atoms with van der Waals surface area (Å²) in [5, 5.41) is 2.81. The third-order valence-electron chi connectivity index (χ3n) is 4.21. The molecule has 0 atom stereocenters. The van der Waals surface area contributed by atoms with Crippen molar-refractivity contribution in [2.75, 3.05) is 29.0 Å². The summed E-state index contributed by atoms with van der Waals surface area (Å²) in [6, 6.07) is 10.7. The Morgan fingerprint density at radius 2 is 1.88 bits per heavy atom. The molecule has 0 fully saturated rings. The molecule has 26 heavy (non-hydrogen) atoms. The van der Waals surface area contributed by atoms with Gasteiger partial charge in [0.2, 0.25) is 10.0 Å². The molecule has 0 unspecified atom stereocenters. The van der Waals surface area contributed by atoms with E-state index in [1.54, 1.807) is 23.1 Å². The first kappa shape index (κ1) is 18.2. The lowest BCUT2D eigenvalue weighted by Gasteiger charge is -2.22. The van der Waals surface area contributed by atoms with Gasteiger partial charge < -0.3 is 4.90 Å². The molecule has 1 aliphatic heterocycles. The van der Waals surface area contributed by atoms with Crippen molar-refractivity contribution in [2.45, 2.75) is 20.4 Å². The average molecular weight is 374 g/mol. The summed E-state index contributed by atoms with van der Waals surface area (Å²) in [7, 11) is -3.42. The number of anilines is 2. The summed E-state index contributed by atoms with van der Waals surface area (Å²) in [5.74, 6) is 0.491. The molecule has 2 amide bonds. The van der Waals surface area contributed by atoms with E-state index in [4.69, 9.17) is 0 Å². The molecule has 7 nitrogen and oxygen atoms in total. The minimum absolute atomic E-state index is 0.212. The second kappa shape index (κ2) is 6.95. The molecule has 2 aromatic rings. The first-order chi connectivity index (χ1) is 12.2. The molecule has 0 radical (unpaired) electrons. The number of carbonyl (C=O) groups excluding carboxylic acids is 1. The number of rotatable bonds is 2. The smallest absolute Gasteiger partial charge is 0.318 e. The molecular weight excluding hydrogens is 352 g/mol. The lowest BCUT2D eigenvalue weighted by Crippen LogP contribution is -2.39. The summed E-state index contributed by atoms with van der Waals surface area (Å²) in [4.78, 5) is 18.6. The van der Waals surface area contributed by atoms with Gasteiger partial charge in [-0.2, -0.15) is 0 Å². The maximum Gasteiger partial charge on any atom is 0.323 e. The topological polar surface area (TPSA) is 82.6 Å². The highest BCUT2D eigenvalue weighted by Gasteiger charge is 2.27. The molecule has 0 saturated carbocycles. The molecule has 1 aromatic heterocycles. The highest BCUT2D eigenvalue weighted by molar-refractivity contribution is 7.92. The maximum atomic E-state index is 12.7. The average Bonchev–Trinajstić information content (AvgIpc) is 2.73. The fourth-order valence-corrected chi connectivity index (χ4v) is 4.07. The number of fused-ring (bicyclic) bond motifs is 1. The van der Waals surface area contributed by atoms with Crippen LogP contribution in [-0.2, 0) is 16.6 Å². The Hall–Kier alpha value is -2.61. The van der Waals surface area contributed by atoms with Gasteiger partial charge in [-0.05, 0) is 43.2 Å². The minimum Gasteiger partial charge on any atom is -0.318 e. The van der Waals surface area contributed by atoms with Crippen LogP contribution >= 0.6 is 0 Å². The monoisotopic (exact) mass is 374 g/mol. The highest BCUT2D eigenvalue weighted by Crippen LogP contribution is 2.27. The number of aryl methyl sites for hydroxylation is 2. The van der Waals surface area contributed by atoms with Crippen LogP contribution < -0.4 is 9.62 Å². The Morgan fingerprint density at radius 1 is 1.15 bits per heavy atom. The van der Waals surface area contributed by atoms with Crippen molar-refractivity contribution in [3.63, 3.8) is 0 Å². The lowest BCUT2D eigenvalue weighted by atomic mass is 10.2. The number of nitrogens with zero attached hydrogens (tertiary/aromatic N) is 3. The van der Waals surface area contributed by atoms with E-state index in [2.05, 4.69) is 10.3 Å². The third-order valence-corrected chi connectivity index (χ3v) is 5.39. The fraction of sp³-hybridized carbons (Fsp3) is 0.333. The van der Waals surface area contributed by atoms with Crippen LogP contribution in [0.4, 0.5) is 16.3 Å². The van der Waals surface area contributed by atoms with E-state index in [1.165, 1.54) is 10.6 Å². The van der Waals surface area contributed by atoms with E-state index in [0.29, 0.717) is 24.6 Å². The van der Waals surface area contributed by atoms with Crippen molar-refractivity contribution in [2.24, 2.45) is 0 Å². The van der Waals surface area contributed by atoms with Gasteiger partial charge in [-0.25, -0.2) is 18.2 Å². The largest absolute Gasteiger partial charge is 0.323 e. The van der Waals surface area contributed by atoms with Gasteiger partial charge in [0.1, 0.15) is 5.82 Å². The van der Waals surface area contributed by atoms with Crippen LogP contribution in [0.1, 0.15) is 16.8 Å². The summed E-state index contributed by atoms with van der Waals surface area (Å²) >= 11 is 0. The van der Waals surface area contributed by atoms with Gasteiger partial charge in [-0.3, -0.25) is 9.62 Å². The van der Waals surface area contributed by atoms with Crippen LogP contribution in [0, 0.1) is 13.8 Å². The standard InChI is InChI=1S/C18H22N4O3S/c1-13-10-14(2)19-17(11-13)20-18(23)21-8-9-22(26(3,24)25)16-7-5-4-6-15(16)12-21/h4-7,10-11H,8-9,12H2,1-3H3,(H,19,20,23). The maximum absolute atomic E-state index is 12.7.